The first-order valence-corrected chi connectivity index (χ1v) is 10.7. The van der Waals surface area contributed by atoms with Gasteiger partial charge in [0.05, 0.1) is 31.2 Å². The lowest BCUT2D eigenvalue weighted by Crippen LogP contribution is -2.51. The van der Waals surface area contributed by atoms with Crippen molar-refractivity contribution in [1.82, 2.24) is 9.21 Å². The van der Waals surface area contributed by atoms with Crippen LogP contribution in [0.5, 0.6) is 0 Å². The maximum Gasteiger partial charge on any atom is 0.318 e. The van der Waals surface area contributed by atoms with E-state index in [2.05, 4.69) is 0 Å². The summed E-state index contributed by atoms with van der Waals surface area (Å²) in [5, 5.41) is 8.89. The summed E-state index contributed by atoms with van der Waals surface area (Å²) in [5.41, 5.74) is 0. The van der Waals surface area contributed by atoms with Gasteiger partial charge in [-0.3, -0.25) is 9.59 Å². The molecular weight excluding hydrogens is 364 g/mol. The topological polar surface area (TPSA) is 113 Å². The van der Waals surface area contributed by atoms with Crippen LogP contribution in [0.25, 0.3) is 0 Å². The summed E-state index contributed by atoms with van der Waals surface area (Å²) in [6.07, 6.45) is 3.85. The Morgan fingerprint density at radius 1 is 1.27 bits per heavy atom. The molecule has 0 aromatic heterocycles. The van der Waals surface area contributed by atoms with Crippen LogP contribution in [0.4, 0.5) is 0 Å². The standard InChI is InChI=1S/C16H28N2O7S/c1-12-3-4-13(25-12)5-6-15(19)17-7-8-24-14(9-17)10-18(11-16(20)21)26(2,22)23/h12-14H,3-11H2,1-2H3,(H,20,21)/t12-,13+,14-/m1/s1. The normalized spacial score (nSPS) is 27.0. The van der Waals surface area contributed by atoms with Gasteiger partial charge in [-0.1, -0.05) is 0 Å². The van der Waals surface area contributed by atoms with E-state index in [4.69, 9.17) is 14.6 Å². The molecule has 2 aliphatic rings. The van der Waals surface area contributed by atoms with Crippen molar-refractivity contribution in [2.45, 2.75) is 50.9 Å². The van der Waals surface area contributed by atoms with Gasteiger partial charge >= 0.3 is 5.97 Å². The molecule has 3 atom stereocenters. The van der Waals surface area contributed by atoms with E-state index >= 15 is 0 Å². The molecule has 2 fully saturated rings. The maximum absolute atomic E-state index is 12.4. The van der Waals surface area contributed by atoms with E-state index in [9.17, 15) is 18.0 Å². The minimum absolute atomic E-state index is 0.00871. The minimum Gasteiger partial charge on any atom is -0.480 e. The average molecular weight is 392 g/mol. The van der Waals surface area contributed by atoms with Gasteiger partial charge < -0.3 is 19.5 Å². The zero-order valence-electron chi connectivity index (χ0n) is 15.3. The lowest BCUT2D eigenvalue weighted by atomic mass is 10.1. The molecule has 0 aromatic carbocycles. The van der Waals surface area contributed by atoms with E-state index in [1.807, 2.05) is 6.92 Å². The number of aliphatic carboxylic acids is 1. The molecule has 1 N–H and O–H groups in total. The zero-order chi connectivity index (χ0) is 19.3. The fraction of sp³-hybridized carbons (Fsp3) is 0.875. The Labute approximate surface area is 154 Å². The molecule has 0 aromatic rings. The second-order valence-corrected chi connectivity index (χ2v) is 8.95. The molecule has 10 heteroatoms. The van der Waals surface area contributed by atoms with Crippen molar-refractivity contribution in [1.29, 1.82) is 0 Å². The largest absolute Gasteiger partial charge is 0.480 e. The van der Waals surface area contributed by atoms with Crippen LogP contribution in [0.15, 0.2) is 0 Å². The van der Waals surface area contributed by atoms with E-state index in [1.165, 1.54) is 0 Å². The number of carboxylic acid groups (broad SMARTS) is 1. The second kappa shape index (κ2) is 9.12. The van der Waals surface area contributed by atoms with Gasteiger partial charge in [-0.15, -0.1) is 0 Å². The first-order valence-electron chi connectivity index (χ1n) is 8.87. The first kappa shape index (κ1) is 21.1. The number of rotatable bonds is 8. The van der Waals surface area contributed by atoms with Crippen LogP contribution in [-0.4, -0.2) is 92.0 Å². The quantitative estimate of drug-likeness (QED) is 0.614. The average Bonchev–Trinajstić information content (AvgIpc) is 2.96. The van der Waals surface area contributed by atoms with E-state index in [1.54, 1.807) is 4.90 Å². The Hall–Kier alpha value is -1.23. The van der Waals surface area contributed by atoms with Crippen LogP contribution in [-0.2, 0) is 29.1 Å². The number of carbonyl (C=O) groups is 2. The number of carboxylic acids is 1. The van der Waals surface area contributed by atoms with Crippen molar-refractivity contribution in [3.63, 3.8) is 0 Å². The zero-order valence-corrected chi connectivity index (χ0v) is 16.1. The van der Waals surface area contributed by atoms with Crippen molar-refractivity contribution < 1.29 is 32.6 Å². The number of hydrogen-bond donors (Lipinski definition) is 1. The fourth-order valence-corrected chi connectivity index (χ4v) is 4.07. The maximum atomic E-state index is 12.4. The number of sulfonamides is 1. The van der Waals surface area contributed by atoms with Gasteiger partial charge in [0.15, 0.2) is 0 Å². The molecule has 2 saturated heterocycles. The molecule has 0 saturated carbocycles. The molecule has 0 bridgehead atoms. The minimum atomic E-state index is -3.67. The Balaban J connectivity index is 1.85. The third-order valence-corrected chi connectivity index (χ3v) is 5.90. The lowest BCUT2D eigenvalue weighted by molar-refractivity contribution is -0.141. The van der Waals surface area contributed by atoms with Crippen LogP contribution < -0.4 is 0 Å². The molecule has 2 aliphatic heterocycles. The van der Waals surface area contributed by atoms with Gasteiger partial charge in [0.1, 0.15) is 6.54 Å². The first-order chi connectivity index (χ1) is 12.1. The molecular formula is C16H28N2O7S. The van der Waals surface area contributed by atoms with Crippen LogP contribution in [0.1, 0.15) is 32.6 Å². The summed E-state index contributed by atoms with van der Waals surface area (Å²) < 4.78 is 35.6. The van der Waals surface area contributed by atoms with Crippen LogP contribution in [0.3, 0.4) is 0 Å². The molecule has 9 nitrogen and oxygen atoms in total. The number of morpholine rings is 1. The highest BCUT2D eigenvalue weighted by molar-refractivity contribution is 7.88. The molecule has 0 aliphatic carbocycles. The Morgan fingerprint density at radius 2 is 2.00 bits per heavy atom. The van der Waals surface area contributed by atoms with Crippen molar-refractivity contribution in [3.05, 3.63) is 0 Å². The van der Waals surface area contributed by atoms with Gasteiger partial charge in [0, 0.05) is 26.1 Å². The van der Waals surface area contributed by atoms with Crippen LogP contribution in [0, 0.1) is 0 Å². The molecule has 1 amide bonds. The summed E-state index contributed by atoms with van der Waals surface area (Å²) in [5.74, 6) is -1.24. The lowest BCUT2D eigenvalue weighted by Gasteiger charge is -2.35. The number of amides is 1. The monoisotopic (exact) mass is 392 g/mol. The predicted molar refractivity (Wildman–Crippen MR) is 93.2 cm³/mol. The van der Waals surface area contributed by atoms with E-state index < -0.39 is 28.6 Å². The Morgan fingerprint density at radius 3 is 2.58 bits per heavy atom. The number of carbonyl (C=O) groups excluding carboxylic acids is 1. The third-order valence-electron chi connectivity index (χ3n) is 4.68. The number of ether oxygens (including phenoxy) is 2. The summed E-state index contributed by atoms with van der Waals surface area (Å²) in [7, 11) is -3.67. The van der Waals surface area contributed by atoms with Crippen LogP contribution in [0.2, 0.25) is 0 Å². The molecule has 150 valence electrons. The molecule has 26 heavy (non-hydrogen) atoms. The van der Waals surface area contributed by atoms with Gasteiger partial charge in [-0.05, 0) is 26.2 Å². The SMILES string of the molecule is C[C@@H]1CC[C@@H](CCC(=O)N2CCO[C@@H](CN(CC(=O)O)S(C)(=O)=O)C2)O1. The molecule has 0 spiro atoms. The fourth-order valence-electron chi connectivity index (χ4n) is 3.29. The third kappa shape index (κ3) is 6.49. The smallest absolute Gasteiger partial charge is 0.318 e. The van der Waals surface area contributed by atoms with Crippen molar-refractivity contribution in [2.75, 3.05) is 39.0 Å². The highest BCUT2D eigenvalue weighted by atomic mass is 32.2. The van der Waals surface area contributed by atoms with Gasteiger partial charge in [-0.25, -0.2) is 8.42 Å². The Kier molecular flexibility index (Phi) is 7.39. The number of hydrogen-bond acceptors (Lipinski definition) is 6. The highest BCUT2D eigenvalue weighted by Gasteiger charge is 2.30. The summed E-state index contributed by atoms with van der Waals surface area (Å²) in [6.45, 7) is 2.33. The van der Waals surface area contributed by atoms with Gasteiger partial charge in [0.2, 0.25) is 15.9 Å². The van der Waals surface area contributed by atoms with E-state index in [0.717, 1.165) is 23.4 Å². The van der Waals surface area contributed by atoms with Crippen molar-refractivity contribution in [3.8, 4) is 0 Å². The van der Waals surface area contributed by atoms with Gasteiger partial charge in [0.25, 0.3) is 0 Å². The molecule has 0 unspecified atom stereocenters. The number of nitrogens with zero attached hydrogens (tertiary/aromatic N) is 2. The molecule has 2 rings (SSSR count). The van der Waals surface area contributed by atoms with Crippen molar-refractivity contribution >= 4 is 21.9 Å². The van der Waals surface area contributed by atoms with Crippen LogP contribution >= 0.6 is 0 Å². The highest BCUT2D eigenvalue weighted by Crippen LogP contribution is 2.23. The molecule has 2 heterocycles. The Bertz CT molecular complexity index is 610. The predicted octanol–water partition coefficient (Wildman–Crippen LogP) is -0.0923. The van der Waals surface area contributed by atoms with Gasteiger partial charge in [-0.2, -0.15) is 4.31 Å². The summed E-state index contributed by atoms with van der Waals surface area (Å²) >= 11 is 0. The second-order valence-electron chi connectivity index (χ2n) is 6.97. The van der Waals surface area contributed by atoms with E-state index in [0.29, 0.717) is 26.0 Å². The molecule has 0 radical (unpaired) electrons. The summed E-state index contributed by atoms with van der Waals surface area (Å²) in [6, 6.07) is 0. The summed E-state index contributed by atoms with van der Waals surface area (Å²) in [4.78, 5) is 25.0. The van der Waals surface area contributed by atoms with Crippen molar-refractivity contribution in [2.24, 2.45) is 0 Å². The van der Waals surface area contributed by atoms with E-state index in [-0.39, 0.29) is 31.2 Å².